The number of halogens is 7. The molecule has 0 fully saturated rings. The maximum absolute atomic E-state index is 14.1. The van der Waals surface area contributed by atoms with Crippen LogP contribution < -0.4 is 0 Å². The molecule has 0 saturated carbocycles. The summed E-state index contributed by atoms with van der Waals surface area (Å²) in [5.74, 6) is -10.4. The summed E-state index contributed by atoms with van der Waals surface area (Å²) in [6.45, 7) is 1.72. The van der Waals surface area contributed by atoms with Crippen LogP contribution in [0.3, 0.4) is 0 Å². The molecule has 3 aromatic rings. The van der Waals surface area contributed by atoms with Crippen molar-refractivity contribution in [1.82, 2.24) is 0 Å². The van der Waals surface area contributed by atoms with Crippen molar-refractivity contribution in [3.8, 4) is 0 Å². The van der Waals surface area contributed by atoms with Gasteiger partial charge in [0, 0.05) is 18.4 Å². The van der Waals surface area contributed by atoms with Crippen LogP contribution in [0.2, 0.25) is 0 Å². The van der Waals surface area contributed by atoms with Crippen molar-refractivity contribution in [2.45, 2.75) is 32.4 Å². The number of Topliss-reactive ketones (excluding diaryl/α,β-unsaturated/α-hetero) is 1. The summed E-state index contributed by atoms with van der Waals surface area (Å²) >= 11 is 0. The monoisotopic (exact) mass is 454 g/mol. The summed E-state index contributed by atoms with van der Waals surface area (Å²) in [6, 6.07) is 14.8. The predicted octanol–water partition coefficient (Wildman–Crippen LogP) is 6.52. The lowest BCUT2D eigenvalue weighted by Gasteiger charge is -2.14. The lowest BCUT2D eigenvalue weighted by molar-refractivity contribution is -0.143. The molecule has 1 nitrogen and oxygen atoms in total. The topological polar surface area (TPSA) is 17.1 Å². The molecule has 0 aromatic heterocycles. The lowest BCUT2D eigenvalue weighted by atomic mass is 9.94. The van der Waals surface area contributed by atoms with Crippen molar-refractivity contribution >= 4 is 5.78 Å². The second kappa shape index (κ2) is 9.14. The molecule has 0 aliphatic rings. The molecule has 0 bridgehead atoms. The van der Waals surface area contributed by atoms with E-state index in [1.165, 1.54) is 0 Å². The Hall–Kier alpha value is -3.16. The quantitative estimate of drug-likeness (QED) is 0.306. The molecule has 3 aromatic carbocycles. The van der Waals surface area contributed by atoms with E-state index < -0.39 is 52.8 Å². The predicted molar refractivity (Wildman–Crippen MR) is 104 cm³/mol. The first-order valence-corrected chi connectivity index (χ1v) is 9.55. The maximum atomic E-state index is 14.1. The molecule has 0 saturated heterocycles. The average Bonchev–Trinajstić information content (AvgIpc) is 2.72. The highest BCUT2D eigenvalue weighted by atomic mass is 19.4. The normalized spacial score (nSPS) is 11.6. The Bertz CT molecular complexity index is 1120. The zero-order valence-corrected chi connectivity index (χ0v) is 16.8. The van der Waals surface area contributed by atoms with Gasteiger partial charge >= 0.3 is 6.18 Å². The van der Waals surface area contributed by atoms with Gasteiger partial charge in [-0.3, -0.25) is 4.79 Å². The maximum Gasteiger partial charge on any atom is 0.422 e. The van der Waals surface area contributed by atoms with Crippen LogP contribution in [0.5, 0.6) is 0 Å². The third-order valence-electron chi connectivity index (χ3n) is 5.06. The van der Waals surface area contributed by atoms with E-state index in [0.29, 0.717) is 17.5 Å². The highest BCUT2D eigenvalue weighted by Gasteiger charge is 2.42. The van der Waals surface area contributed by atoms with Crippen LogP contribution in [-0.2, 0) is 30.2 Å². The number of carbonyl (C=O) groups excluding carboxylic acids is 1. The molecule has 8 heteroatoms. The number of alkyl halides is 3. The van der Waals surface area contributed by atoms with Crippen LogP contribution in [0.15, 0.2) is 48.5 Å². The lowest BCUT2D eigenvalue weighted by Crippen LogP contribution is -2.19. The smallest absolute Gasteiger partial charge is 0.299 e. The van der Waals surface area contributed by atoms with Crippen molar-refractivity contribution < 1.29 is 35.5 Å². The molecule has 3 rings (SSSR count). The zero-order chi connectivity index (χ0) is 23.6. The summed E-state index contributed by atoms with van der Waals surface area (Å²) in [7, 11) is 0. The Kier molecular flexibility index (Phi) is 6.71. The SMILES string of the molecule is Cc1ccc(Cc2ccccc2)cc1CC(=O)Cc1c(F)c(F)c(C(F)(F)F)c(F)c1F. The molecule has 0 spiro atoms. The minimum absolute atomic E-state index is 0.308. The number of benzene rings is 3. The molecule has 0 atom stereocenters. The Labute approximate surface area is 179 Å². The van der Waals surface area contributed by atoms with Gasteiger partial charge in [0.15, 0.2) is 23.3 Å². The van der Waals surface area contributed by atoms with Crippen molar-refractivity contribution in [2.24, 2.45) is 0 Å². The van der Waals surface area contributed by atoms with Crippen LogP contribution in [0, 0.1) is 30.2 Å². The molecule has 0 unspecified atom stereocenters. The fourth-order valence-corrected chi connectivity index (χ4v) is 3.41. The number of hydrogen-bond acceptors (Lipinski definition) is 1. The van der Waals surface area contributed by atoms with E-state index in [1.807, 2.05) is 36.4 Å². The van der Waals surface area contributed by atoms with Crippen molar-refractivity contribution in [1.29, 1.82) is 0 Å². The van der Waals surface area contributed by atoms with Crippen molar-refractivity contribution in [3.63, 3.8) is 0 Å². The molecule has 0 heterocycles. The van der Waals surface area contributed by atoms with Crippen LogP contribution in [0.4, 0.5) is 30.7 Å². The molecule has 0 amide bonds. The van der Waals surface area contributed by atoms with E-state index in [4.69, 9.17) is 0 Å². The number of ketones is 1. The standard InChI is InChI=1S/C24H17F7O/c1-13-7-8-15(9-14-5-3-2-4-6-14)10-16(13)11-17(32)12-18-20(25)22(27)19(24(29,30)31)23(28)21(18)26/h2-8,10H,9,11-12H2,1H3. The fourth-order valence-electron chi connectivity index (χ4n) is 3.41. The van der Waals surface area contributed by atoms with E-state index in [2.05, 4.69) is 0 Å². The number of hydrogen-bond donors (Lipinski definition) is 0. The molecular formula is C24H17F7O. The van der Waals surface area contributed by atoms with E-state index in [1.54, 1.807) is 19.1 Å². The third kappa shape index (κ3) is 5.00. The van der Waals surface area contributed by atoms with Crippen LogP contribution in [-0.4, -0.2) is 5.78 Å². The molecule has 0 radical (unpaired) electrons. The molecule has 168 valence electrons. The summed E-state index contributed by atoms with van der Waals surface area (Å²) < 4.78 is 93.9. The average molecular weight is 454 g/mol. The van der Waals surface area contributed by atoms with Gasteiger partial charge in [0.2, 0.25) is 0 Å². The number of aryl methyl sites for hydroxylation is 1. The van der Waals surface area contributed by atoms with E-state index in [0.717, 1.165) is 11.1 Å². The number of carbonyl (C=O) groups is 1. The van der Waals surface area contributed by atoms with E-state index >= 15 is 0 Å². The second-order valence-electron chi connectivity index (χ2n) is 7.42. The summed E-state index contributed by atoms with van der Waals surface area (Å²) in [6.07, 6.45) is -6.46. The summed E-state index contributed by atoms with van der Waals surface area (Å²) in [5, 5.41) is 0. The molecule has 0 aliphatic heterocycles. The minimum Gasteiger partial charge on any atom is -0.299 e. The molecule has 0 aliphatic carbocycles. The first kappa shape index (κ1) is 23.5. The molecule has 0 N–H and O–H groups in total. The zero-order valence-electron chi connectivity index (χ0n) is 16.8. The molecule has 32 heavy (non-hydrogen) atoms. The Morgan fingerprint density at radius 3 is 1.94 bits per heavy atom. The molecular weight excluding hydrogens is 437 g/mol. The summed E-state index contributed by atoms with van der Waals surface area (Å²) in [5.41, 5.74) is -0.885. The minimum atomic E-state index is -5.63. The van der Waals surface area contributed by atoms with Gasteiger partial charge in [-0.15, -0.1) is 0 Å². The van der Waals surface area contributed by atoms with Gasteiger partial charge in [0.1, 0.15) is 11.3 Å². The van der Waals surface area contributed by atoms with Gasteiger partial charge in [0.25, 0.3) is 0 Å². The van der Waals surface area contributed by atoms with Gasteiger partial charge in [-0.25, -0.2) is 17.6 Å². The number of rotatable bonds is 6. The fraction of sp³-hybridized carbons (Fsp3) is 0.208. The van der Waals surface area contributed by atoms with Crippen molar-refractivity contribution in [3.05, 3.63) is 105 Å². The Balaban J connectivity index is 1.84. The van der Waals surface area contributed by atoms with E-state index in [9.17, 15) is 35.5 Å². The van der Waals surface area contributed by atoms with Gasteiger partial charge in [-0.05, 0) is 35.6 Å². The Morgan fingerprint density at radius 1 is 0.781 bits per heavy atom. The van der Waals surface area contributed by atoms with Gasteiger partial charge in [-0.2, -0.15) is 13.2 Å². The van der Waals surface area contributed by atoms with Gasteiger partial charge in [-0.1, -0.05) is 48.5 Å². The largest absolute Gasteiger partial charge is 0.422 e. The van der Waals surface area contributed by atoms with E-state index in [-0.39, 0.29) is 6.42 Å². The van der Waals surface area contributed by atoms with Gasteiger partial charge in [0.05, 0.1) is 0 Å². The first-order chi connectivity index (χ1) is 15.0. The van der Waals surface area contributed by atoms with Gasteiger partial charge < -0.3 is 0 Å². The third-order valence-corrected chi connectivity index (χ3v) is 5.06. The summed E-state index contributed by atoms with van der Waals surface area (Å²) in [4.78, 5) is 12.4. The highest BCUT2D eigenvalue weighted by molar-refractivity contribution is 5.83. The van der Waals surface area contributed by atoms with Crippen LogP contribution in [0.25, 0.3) is 0 Å². The van der Waals surface area contributed by atoms with Crippen molar-refractivity contribution in [2.75, 3.05) is 0 Å². The Morgan fingerprint density at radius 2 is 1.38 bits per heavy atom. The second-order valence-corrected chi connectivity index (χ2v) is 7.42. The van der Waals surface area contributed by atoms with Crippen LogP contribution in [0.1, 0.15) is 33.4 Å². The van der Waals surface area contributed by atoms with Crippen LogP contribution >= 0.6 is 0 Å². The first-order valence-electron chi connectivity index (χ1n) is 9.55. The highest BCUT2D eigenvalue weighted by Crippen LogP contribution is 2.37.